The number of aliphatic carboxylic acids is 1. The first-order chi connectivity index (χ1) is 20.7. The van der Waals surface area contributed by atoms with Gasteiger partial charge in [-0.2, -0.15) is 13.2 Å². The van der Waals surface area contributed by atoms with Crippen LogP contribution in [-0.2, 0) is 14.3 Å². The lowest BCUT2D eigenvalue weighted by Crippen LogP contribution is -2.31. The first kappa shape index (κ1) is 39.3. The predicted molar refractivity (Wildman–Crippen MR) is 167 cm³/mol. The van der Waals surface area contributed by atoms with Gasteiger partial charge < -0.3 is 39.0 Å². The second-order valence-corrected chi connectivity index (χ2v) is 10.1. The molecule has 0 aliphatic rings. The molecule has 0 saturated carbocycles. The Bertz CT molecular complexity index is 1330. The molecule has 2 N–H and O–H groups in total. The number of rotatable bonds is 12. The van der Waals surface area contributed by atoms with Gasteiger partial charge in [-0.1, -0.05) is 34.8 Å². The lowest BCUT2D eigenvalue weighted by Gasteiger charge is -2.20. The van der Waals surface area contributed by atoms with Gasteiger partial charge in [-0.05, 0) is 59.0 Å². The molecule has 244 valence electrons. The molecule has 19 heteroatoms. The summed E-state index contributed by atoms with van der Waals surface area (Å²) >= 11 is 19.3. The Morgan fingerprint density at radius 3 is 1.84 bits per heavy atom. The Hall–Kier alpha value is -2.77. The smallest absolute Gasteiger partial charge is 0.405 e. The lowest BCUT2D eigenvalue weighted by molar-refractivity contribution is -0.139. The number of aromatic nitrogens is 3. The number of alkyl halides is 3. The molecule has 0 atom stereocenters. The molecular weight excluding hydrogens is 773 g/mol. The minimum absolute atomic E-state index is 0.00463. The van der Waals surface area contributed by atoms with Crippen molar-refractivity contribution < 1.29 is 46.8 Å². The van der Waals surface area contributed by atoms with Crippen molar-refractivity contribution in [3.63, 3.8) is 0 Å². The molecular formula is C25H28Cl3F3IN5O7. The van der Waals surface area contributed by atoms with Crippen molar-refractivity contribution in [2.45, 2.75) is 6.18 Å². The van der Waals surface area contributed by atoms with Gasteiger partial charge in [-0.15, -0.1) is 0 Å². The largest absolute Gasteiger partial charge is 0.479 e. The molecule has 0 fully saturated rings. The highest BCUT2D eigenvalue weighted by molar-refractivity contribution is 14.1. The van der Waals surface area contributed by atoms with E-state index in [-0.39, 0.29) is 30.3 Å². The molecule has 3 aromatic rings. The molecule has 0 amide bonds. The van der Waals surface area contributed by atoms with Gasteiger partial charge in [0.2, 0.25) is 0 Å². The van der Waals surface area contributed by atoms with Crippen molar-refractivity contribution in [3.05, 3.63) is 55.6 Å². The molecule has 0 aliphatic carbocycles. The SMILES string of the molecule is CN(CC(F)(F)F)c1ccc(OCC(=O)O)c(Cl)n1.CNc1ccc(OCOC)c(Cl)n1.COCOc1ccc(I)nc1Cl. The Morgan fingerprint density at radius 2 is 1.39 bits per heavy atom. The Morgan fingerprint density at radius 1 is 0.886 bits per heavy atom. The van der Waals surface area contributed by atoms with Gasteiger partial charge in [0.25, 0.3) is 0 Å². The minimum Gasteiger partial charge on any atom is -0.479 e. The minimum atomic E-state index is -4.36. The lowest BCUT2D eigenvalue weighted by atomic mass is 10.4. The van der Waals surface area contributed by atoms with E-state index in [1.165, 1.54) is 19.2 Å². The number of nitrogens with one attached hydrogen (secondary N) is 1. The van der Waals surface area contributed by atoms with Crippen LogP contribution in [-0.4, -0.2) is 87.3 Å². The Kier molecular flexibility index (Phi) is 18.1. The summed E-state index contributed by atoms with van der Waals surface area (Å²) < 4.78 is 61.9. The van der Waals surface area contributed by atoms with E-state index in [4.69, 9.17) is 63.6 Å². The second-order valence-electron chi connectivity index (χ2n) is 7.87. The third-order valence-electron chi connectivity index (χ3n) is 4.47. The maximum atomic E-state index is 12.2. The third-order valence-corrected chi connectivity index (χ3v) is 5.89. The third kappa shape index (κ3) is 15.8. The fraction of sp³-hybridized carbons (Fsp3) is 0.360. The van der Waals surface area contributed by atoms with Crippen LogP contribution in [0.3, 0.4) is 0 Å². The predicted octanol–water partition coefficient (Wildman–Crippen LogP) is 6.28. The molecule has 44 heavy (non-hydrogen) atoms. The first-order valence-electron chi connectivity index (χ1n) is 11.9. The molecule has 12 nitrogen and oxygen atoms in total. The number of nitrogens with zero attached hydrogens (tertiary/aromatic N) is 4. The quantitative estimate of drug-likeness (QED) is 0.121. The summed E-state index contributed by atoms with van der Waals surface area (Å²) in [7, 11) is 6.08. The van der Waals surface area contributed by atoms with Crippen LogP contribution >= 0.6 is 57.4 Å². The average molecular weight is 801 g/mol. The number of anilines is 2. The number of methoxy groups -OCH3 is 2. The average Bonchev–Trinajstić information content (AvgIpc) is 2.95. The molecule has 0 radical (unpaired) electrons. The van der Waals surface area contributed by atoms with Gasteiger partial charge in [0.1, 0.15) is 21.9 Å². The van der Waals surface area contributed by atoms with Gasteiger partial charge in [0.15, 0.2) is 52.9 Å². The van der Waals surface area contributed by atoms with Crippen LogP contribution in [0.1, 0.15) is 0 Å². The zero-order valence-electron chi connectivity index (χ0n) is 23.6. The molecule has 0 aliphatic heterocycles. The number of ether oxygens (including phenoxy) is 5. The Labute approximate surface area is 279 Å². The highest BCUT2D eigenvalue weighted by Gasteiger charge is 2.30. The van der Waals surface area contributed by atoms with E-state index in [1.807, 2.05) is 6.07 Å². The van der Waals surface area contributed by atoms with Crippen LogP contribution in [0, 0.1) is 3.70 Å². The van der Waals surface area contributed by atoms with Crippen LogP contribution in [0.5, 0.6) is 17.2 Å². The van der Waals surface area contributed by atoms with Crippen LogP contribution < -0.4 is 24.4 Å². The summed E-state index contributed by atoms with van der Waals surface area (Å²) in [6.07, 6.45) is -4.36. The van der Waals surface area contributed by atoms with E-state index >= 15 is 0 Å². The van der Waals surface area contributed by atoms with Gasteiger partial charge in [-0.3, -0.25) is 0 Å². The van der Waals surface area contributed by atoms with E-state index in [0.29, 0.717) is 27.6 Å². The van der Waals surface area contributed by atoms with E-state index in [2.05, 4.69) is 42.9 Å². The van der Waals surface area contributed by atoms with Crippen molar-refractivity contribution in [2.75, 3.05) is 65.3 Å². The maximum absolute atomic E-state index is 12.2. The van der Waals surface area contributed by atoms with Gasteiger partial charge in [0, 0.05) is 28.3 Å². The van der Waals surface area contributed by atoms with Crippen LogP contribution in [0.2, 0.25) is 15.5 Å². The van der Waals surface area contributed by atoms with Crippen LogP contribution in [0.4, 0.5) is 24.8 Å². The highest BCUT2D eigenvalue weighted by atomic mass is 127. The number of halogens is 7. The fourth-order valence-electron chi connectivity index (χ4n) is 2.64. The number of hydrogen-bond donors (Lipinski definition) is 2. The van der Waals surface area contributed by atoms with Crippen molar-refractivity contribution in [1.82, 2.24) is 15.0 Å². The Balaban J connectivity index is 0.000000342. The number of carbonyl (C=O) groups is 1. The van der Waals surface area contributed by atoms with Gasteiger partial charge in [-0.25, -0.2) is 19.7 Å². The van der Waals surface area contributed by atoms with Crippen molar-refractivity contribution >= 4 is 75.0 Å². The van der Waals surface area contributed by atoms with Gasteiger partial charge in [0.05, 0.1) is 0 Å². The molecule has 0 saturated heterocycles. The summed E-state index contributed by atoms with van der Waals surface area (Å²) in [6, 6.07) is 9.61. The van der Waals surface area contributed by atoms with Crippen molar-refractivity contribution in [3.8, 4) is 17.2 Å². The summed E-state index contributed by atoms with van der Waals surface area (Å²) in [6.45, 7) is -1.44. The summed E-state index contributed by atoms with van der Waals surface area (Å²) in [4.78, 5) is 22.9. The van der Waals surface area contributed by atoms with E-state index < -0.39 is 25.3 Å². The van der Waals surface area contributed by atoms with Crippen molar-refractivity contribution in [2.24, 2.45) is 0 Å². The standard InChI is InChI=1S/C10H10ClF3N2O3.C8H11ClN2O2.C7H7ClINO2/c1-16(5-10(12,13)14)7-3-2-6(9(11)15-7)19-4-8(17)18;1-10-7-4-3-6(8(9)11-7)13-5-12-2;1-11-4-12-5-2-3-6(9)10-7(5)8/h2-3H,4-5H2,1H3,(H,17,18);3-4H,5H2,1-2H3,(H,10,11);2-3H,4H2,1H3. The van der Waals surface area contributed by atoms with Crippen molar-refractivity contribution in [1.29, 1.82) is 0 Å². The highest BCUT2D eigenvalue weighted by Crippen LogP contribution is 2.27. The summed E-state index contributed by atoms with van der Waals surface area (Å²) in [5.74, 6) is 0.559. The molecule has 3 rings (SSSR count). The van der Waals surface area contributed by atoms with Crippen LogP contribution in [0.15, 0.2) is 36.4 Å². The van der Waals surface area contributed by atoms with E-state index in [1.54, 1.807) is 39.5 Å². The van der Waals surface area contributed by atoms with Gasteiger partial charge >= 0.3 is 12.1 Å². The molecule has 0 spiro atoms. The first-order valence-corrected chi connectivity index (χ1v) is 14.1. The number of carboxylic acids is 1. The molecule has 3 aromatic heterocycles. The van der Waals surface area contributed by atoms with Crippen LogP contribution in [0.25, 0.3) is 0 Å². The second kappa shape index (κ2) is 20.3. The summed E-state index contributed by atoms with van der Waals surface area (Å²) in [5, 5.41) is 11.8. The molecule has 0 aromatic carbocycles. The summed E-state index contributed by atoms with van der Waals surface area (Å²) in [5.41, 5.74) is 0. The van der Waals surface area contributed by atoms with E-state index in [0.717, 1.165) is 8.60 Å². The zero-order valence-corrected chi connectivity index (χ0v) is 28.0. The molecule has 3 heterocycles. The molecule has 0 bridgehead atoms. The fourth-order valence-corrected chi connectivity index (χ4v) is 3.83. The zero-order chi connectivity index (χ0) is 33.3. The number of hydrogen-bond acceptors (Lipinski definition) is 11. The number of pyridine rings is 3. The number of carboxylic acid groups (broad SMARTS) is 1. The molecule has 0 unspecified atom stereocenters. The topological polar surface area (TPSA) is 137 Å². The normalized spacial score (nSPS) is 10.4. The monoisotopic (exact) mass is 799 g/mol. The van der Waals surface area contributed by atoms with E-state index in [9.17, 15) is 18.0 Å². The maximum Gasteiger partial charge on any atom is 0.405 e.